The fourth-order valence-electron chi connectivity index (χ4n) is 4.64. The molecule has 3 heterocycles. The summed E-state index contributed by atoms with van der Waals surface area (Å²) in [4.78, 5) is 20.7. The summed E-state index contributed by atoms with van der Waals surface area (Å²) in [5.74, 6) is 0.410. The number of pyridine rings is 1. The number of H-pyrrole nitrogens is 1. The van der Waals surface area contributed by atoms with Gasteiger partial charge in [0.15, 0.2) is 5.43 Å². The largest absolute Gasteiger partial charge is 0.357 e. The van der Waals surface area contributed by atoms with Gasteiger partial charge in [-0.25, -0.2) is 4.39 Å². The second kappa shape index (κ2) is 7.49. The molecule has 1 aromatic carbocycles. The van der Waals surface area contributed by atoms with E-state index in [4.69, 9.17) is 0 Å². The predicted octanol–water partition coefficient (Wildman–Crippen LogP) is 3.36. The number of fused-ring (bicyclic) bond motifs is 1. The molecule has 2 aliphatic heterocycles. The van der Waals surface area contributed by atoms with Crippen molar-refractivity contribution >= 4 is 10.9 Å². The fourth-order valence-corrected chi connectivity index (χ4v) is 4.64. The molecule has 0 spiro atoms. The monoisotopic (exact) mass is 357 g/mol. The van der Waals surface area contributed by atoms with E-state index in [0.717, 1.165) is 31.2 Å². The van der Waals surface area contributed by atoms with Gasteiger partial charge in [-0.3, -0.25) is 9.69 Å². The molecule has 2 aliphatic rings. The summed E-state index contributed by atoms with van der Waals surface area (Å²) in [7, 11) is 0. The Kier molecular flexibility index (Phi) is 5.09. The number of hydrogen-bond donors (Lipinski definition) is 1. The van der Waals surface area contributed by atoms with Gasteiger partial charge in [0, 0.05) is 35.2 Å². The summed E-state index contributed by atoms with van der Waals surface area (Å²) in [6, 6.07) is 6.67. The third kappa shape index (κ3) is 3.69. The van der Waals surface area contributed by atoms with E-state index >= 15 is 0 Å². The lowest BCUT2D eigenvalue weighted by Crippen LogP contribution is -2.43. The van der Waals surface area contributed by atoms with Crippen LogP contribution in [-0.2, 0) is 6.54 Å². The highest BCUT2D eigenvalue weighted by Crippen LogP contribution is 2.27. The minimum atomic E-state index is -0.370. The Morgan fingerprint density at radius 3 is 2.62 bits per heavy atom. The van der Waals surface area contributed by atoms with Crippen molar-refractivity contribution in [2.45, 2.75) is 45.2 Å². The van der Waals surface area contributed by atoms with Crippen molar-refractivity contribution in [1.29, 1.82) is 0 Å². The zero-order chi connectivity index (χ0) is 18.1. The molecule has 2 aromatic rings. The van der Waals surface area contributed by atoms with Crippen molar-refractivity contribution in [2.75, 3.05) is 26.2 Å². The minimum Gasteiger partial charge on any atom is -0.357 e. The topological polar surface area (TPSA) is 39.3 Å². The van der Waals surface area contributed by atoms with Gasteiger partial charge < -0.3 is 9.88 Å². The van der Waals surface area contributed by atoms with E-state index < -0.39 is 0 Å². The van der Waals surface area contributed by atoms with Crippen LogP contribution in [0.15, 0.2) is 29.1 Å². The van der Waals surface area contributed by atoms with Crippen molar-refractivity contribution in [2.24, 2.45) is 5.92 Å². The molecule has 0 amide bonds. The highest BCUT2D eigenvalue weighted by Gasteiger charge is 2.29. The van der Waals surface area contributed by atoms with E-state index in [9.17, 15) is 9.18 Å². The number of benzene rings is 1. The van der Waals surface area contributed by atoms with Gasteiger partial charge >= 0.3 is 0 Å². The molecule has 2 fully saturated rings. The fraction of sp³-hybridized carbons (Fsp3) is 0.571. The second-order valence-corrected chi connectivity index (χ2v) is 7.95. The van der Waals surface area contributed by atoms with Crippen LogP contribution in [-0.4, -0.2) is 47.0 Å². The summed E-state index contributed by atoms with van der Waals surface area (Å²) < 4.78 is 13.3. The van der Waals surface area contributed by atoms with Crippen LogP contribution in [0.5, 0.6) is 0 Å². The Morgan fingerprint density at radius 2 is 1.88 bits per heavy atom. The number of nitrogens with one attached hydrogen (secondary N) is 1. The number of aromatic nitrogens is 1. The molecule has 0 aliphatic carbocycles. The third-order valence-electron chi connectivity index (χ3n) is 6.27. The number of likely N-dealkylation sites (tertiary alicyclic amines) is 2. The normalized spacial score (nSPS) is 21.5. The first-order chi connectivity index (χ1) is 12.6. The van der Waals surface area contributed by atoms with Gasteiger partial charge in [0.25, 0.3) is 0 Å². The smallest absolute Gasteiger partial charge is 0.189 e. The number of aromatic amines is 1. The molecular formula is C21H28FN3O. The first-order valence-corrected chi connectivity index (χ1v) is 9.88. The first-order valence-electron chi connectivity index (χ1n) is 9.88. The molecule has 5 heteroatoms. The van der Waals surface area contributed by atoms with Crippen molar-refractivity contribution in [3.05, 3.63) is 46.0 Å². The number of hydrogen-bond acceptors (Lipinski definition) is 3. The van der Waals surface area contributed by atoms with Gasteiger partial charge in [0.2, 0.25) is 0 Å². The van der Waals surface area contributed by atoms with Crippen LogP contribution in [0.4, 0.5) is 4.39 Å². The summed E-state index contributed by atoms with van der Waals surface area (Å²) in [6.07, 6.45) is 5.15. The maximum atomic E-state index is 13.3. The molecule has 26 heavy (non-hydrogen) atoms. The molecular weight excluding hydrogens is 329 g/mol. The van der Waals surface area contributed by atoms with Gasteiger partial charge in [-0.2, -0.15) is 0 Å². The molecule has 4 nitrogen and oxygen atoms in total. The maximum absolute atomic E-state index is 13.3. The van der Waals surface area contributed by atoms with Crippen LogP contribution in [0.25, 0.3) is 10.9 Å². The molecule has 0 radical (unpaired) electrons. The number of rotatable bonds is 4. The van der Waals surface area contributed by atoms with Crippen LogP contribution in [0, 0.1) is 11.7 Å². The Hall–Kier alpha value is -1.72. The van der Waals surface area contributed by atoms with Crippen molar-refractivity contribution < 1.29 is 4.39 Å². The lowest BCUT2D eigenvalue weighted by atomic mass is 9.89. The Balaban J connectivity index is 1.39. The van der Waals surface area contributed by atoms with Crippen LogP contribution >= 0.6 is 0 Å². The van der Waals surface area contributed by atoms with E-state index in [1.165, 1.54) is 50.9 Å². The maximum Gasteiger partial charge on any atom is 0.189 e. The minimum absolute atomic E-state index is 0.106. The van der Waals surface area contributed by atoms with E-state index in [2.05, 4.69) is 21.7 Å². The predicted molar refractivity (Wildman–Crippen MR) is 103 cm³/mol. The summed E-state index contributed by atoms with van der Waals surface area (Å²) in [6.45, 7) is 7.83. The van der Waals surface area contributed by atoms with Gasteiger partial charge in [0.05, 0.1) is 0 Å². The Labute approximate surface area is 154 Å². The average Bonchev–Trinajstić information content (AvgIpc) is 3.17. The molecule has 1 aromatic heterocycles. The van der Waals surface area contributed by atoms with Gasteiger partial charge in [-0.15, -0.1) is 0 Å². The van der Waals surface area contributed by atoms with Crippen LogP contribution in [0.1, 0.15) is 38.3 Å². The van der Waals surface area contributed by atoms with Gasteiger partial charge in [0.1, 0.15) is 5.82 Å². The summed E-state index contributed by atoms with van der Waals surface area (Å²) in [5, 5.41) is 0.423. The number of nitrogens with zero attached hydrogens (tertiary/aromatic N) is 2. The molecule has 4 rings (SSSR count). The van der Waals surface area contributed by atoms with Crippen molar-refractivity contribution in [3.8, 4) is 0 Å². The third-order valence-corrected chi connectivity index (χ3v) is 6.27. The van der Waals surface area contributed by atoms with Crippen LogP contribution in [0.2, 0.25) is 0 Å². The SMILES string of the molecule is CC(C1CCN(Cc2cc(=O)c3cc(F)ccc3[nH]2)CC1)N1CCCC1. The van der Waals surface area contributed by atoms with E-state index in [-0.39, 0.29) is 11.2 Å². The van der Waals surface area contributed by atoms with Crippen LogP contribution < -0.4 is 5.43 Å². The molecule has 140 valence electrons. The Morgan fingerprint density at radius 1 is 1.15 bits per heavy atom. The average molecular weight is 357 g/mol. The Bertz CT molecular complexity index is 820. The number of halogens is 1. The second-order valence-electron chi connectivity index (χ2n) is 7.95. The highest BCUT2D eigenvalue weighted by atomic mass is 19.1. The molecule has 1 N–H and O–H groups in total. The molecule has 1 unspecified atom stereocenters. The van der Waals surface area contributed by atoms with Gasteiger partial charge in [-0.05, 0) is 82.9 Å². The van der Waals surface area contributed by atoms with E-state index in [1.54, 1.807) is 12.1 Å². The zero-order valence-corrected chi connectivity index (χ0v) is 15.5. The molecule has 2 saturated heterocycles. The molecule has 0 saturated carbocycles. The standard InChI is InChI=1S/C21H28FN3O/c1-15(25-8-2-3-9-25)16-6-10-24(11-7-16)14-18-13-21(26)19-12-17(22)4-5-20(19)23-18/h4-5,12-13,15-16H,2-3,6-11,14H2,1H3,(H,23,26). The quantitative estimate of drug-likeness (QED) is 0.912. The first kappa shape index (κ1) is 17.7. The molecule has 1 atom stereocenters. The number of piperidine rings is 1. The molecule has 0 bridgehead atoms. The van der Waals surface area contributed by atoms with Gasteiger partial charge in [-0.1, -0.05) is 0 Å². The van der Waals surface area contributed by atoms with E-state index in [0.29, 0.717) is 16.9 Å². The summed E-state index contributed by atoms with van der Waals surface area (Å²) >= 11 is 0. The summed E-state index contributed by atoms with van der Waals surface area (Å²) in [5.41, 5.74) is 1.53. The van der Waals surface area contributed by atoms with Crippen molar-refractivity contribution in [1.82, 2.24) is 14.8 Å². The lowest BCUT2D eigenvalue weighted by molar-refractivity contribution is 0.107. The van der Waals surface area contributed by atoms with E-state index in [1.807, 2.05) is 0 Å². The zero-order valence-electron chi connectivity index (χ0n) is 15.5. The lowest BCUT2D eigenvalue weighted by Gasteiger charge is -2.38. The highest BCUT2D eigenvalue weighted by molar-refractivity contribution is 5.78. The van der Waals surface area contributed by atoms with Crippen LogP contribution in [0.3, 0.4) is 0 Å². The van der Waals surface area contributed by atoms with Crippen molar-refractivity contribution in [3.63, 3.8) is 0 Å².